The third-order valence-electron chi connectivity index (χ3n) is 4.99. The average molecular weight is 570 g/mol. The molecule has 0 bridgehead atoms. The average Bonchev–Trinajstić information content (AvgIpc) is 3.19. The van der Waals surface area contributed by atoms with E-state index in [2.05, 4.69) is 20.6 Å². The molecule has 0 aliphatic carbocycles. The summed E-state index contributed by atoms with van der Waals surface area (Å²) in [6.45, 7) is 6.33. The predicted octanol–water partition coefficient (Wildman–Crippen LogP) is 4.64. The van der Waals surface area contributed by atoms with Crippen LogP contribution in [-0.2, 0) is 13.0 Å². The van der Waals surface area contributed by atoms with E-state index in [9.17, 15) is 4.39 Å². The van der Waals surface area contributed by atoms with Crippen molar-refractivity contribution in [3.8, 4) is 17.2 Å². The molecule has 3 rings (SSSR count). The second-order valence-corrected chi connectivity index (χ2v) is 7.14. The summed E-state index contributed by atoms with van der Waals surface area (Å²) in [5, 5.41) is 7.65. The van der Waals surface area contributed by atoms with Crippen molar-refractivity contribution in [2.75, 3.05) is 33.9 Å². The Labute approximate surface area is 211 Å². The zero-order chi connectivity index (χ0) is 22.9. The Morgan fingerprint density at radius 3 is 2.42 bits per heavy atom. The van der Waals surface area contributed by atoms with Gasteiger partial charge in [-0.05, 0) is 61.7 Å². The molecule has 0 unspecified atom stereocenters. The van der Waals surface area contributed by atoms with Gasteiger partial charge in [-0.15, -0.1) is 24.0 Å². The van der Waals surface area contributed by atoms with Gasteiger partial charge in [0.25, 0.3) is 0 Å². The molecule has 0 fully saturated rings. The number of nitrogens with zero attached hydrogens (tertiary/aromatic N) is 1. The highest BCUT2D eigenvalue weighted by Gasteiger charge is 2.14. The normalized spacial score (nSPS) is 11.1. The number of fused-ring (bicyclic) bond motifs is 1. The van der Waals surface area contributed by atoms with Crippen molar-refractivity contribution in [3.63, 3.8) is 0 Å². The van der Waals surface area contributed by atoms with Gasteiger partial charge in [-0.25, -0.2) is 9.38 Å². The summed E-state index contributed by atoms with van der Waals surface area (Å²) in [6.07, 6.45) is 2.70. The number of guanidine groups is 1. The van der Waals surface area contributed by atoms with Crippen LogP contribution < -0.4 is 24.8 Å². The number of hydrogen-bond acceptors (Lipinski definition) is 4. The quantitative estimate of drug-likeness (QED) is 0.188. The second kappa shape index (κ2) is 13.1. The molecular weight excluding hydrogens is 538 g/mol. The molecule has 0 spiro atoms. The lowest BCUT2D eigenvalue weighted by Gasteiger charge is -2.15. The Hall–Kier alpha value is -2.69. The molecule has 7 nitrogen and oxygen atoms in total. The van der Waals surface area contributed by atoms with Crippen molar-refractivity contribution in [3.05, 3.63) is 53.5 Å². The first-order valence-corrected chi connectivity index (χ1v) is 10.7. The SMILES string of the molecule is CCNC(=NCc1cc(OC)c(OCC)c(OC)c1)NCCc1c[nH]c2cc(F)ccc12.I. The molecule has 0 aliphatic heterocycles. The van der Waals surface area contributed by atoms with E-state index in [0.29, 0.717) is 42.9 Å². The maximum absolute atomic E-state index is 13.4. The van der Waals surface area contributed by atoms with Gasteiger partial charge in [-0.2, -0.15) is 0 Å². The molecule has 0 amide bonds. The number of aromatic amines is 1. The zero-order valence-electron chi connectivity index (χ0n) is 19.5. The molecule has 3 aromatic rings. The lowest BCUT2D eigenvalue weighted by atomic mass is 10.1. The summed E-state index contributed by atoms with van der Waals surface area (Å²) < 4.78 is 30.0. The van der Waals surface area contributed by atoms with Crippen LogP contribution in [0, 0.1) is 5.82 Å². The Morgan fingerprint density at radius 2 is 1.79 bits per heavy atom. The highest BCUT2D eigenvalue weighted by Crippen LogP contribution is 2.38. The number of benzene rings is 2. The van der Waals surface area contributed by atoms with Gasteiger partial charge in [0.2, 0.25) is 5.75 Å². The summed E-state index contributed by atoms with van der Waals surface area (Å²) in [5.41, 5.74) is 2.88. The van der Waals surface area contributed by atoms with Crippen molar-refractivity contribution >= 4 is 40.8 Å². The number of methoxy groups -OCH3 is 2. The van der Waals surface area contributed by atoms with Crippen LogP contribution in [0.4, 0.5) is 4.39 Å². The lowest BCUT2D eigenvalue weighted by molar-refractivity contribution is 0.288. The number of ether oxygens (including phenoxy) is 3. The van der Waals surface area contributed by atoms with E-state index >= 15 is 0 Å². The minimum atomic E-state index is -0.242. The first-order chi connectivity index (χ1) is 15.6. The van der Waals surface area contributed by atoms with Gasteiger partial charge >= 0.3 is 0 Å². The smallest absolute Gasteiger partial charge is 0.203 e. The van der Waals surface area contributed by atoms with Gasteiger partial charge in [0.1, 0.15) is 5.82 Å². The van der Waals surface area contributed by atoms with Crippen molar-refractivity contribution in [1.82, 2.24) is 15.6 Å². The minimum Gasteiger partial charge on any atom is -0.493 e. The second-order valence-electron chi connectivity index (χ2n) is 7.14. The monoisotopic (exact) mass is 570 g/mol. The van der Waals surface area contributed by atoms with Crippen LogP contribution in [0.2, 0.25) is 0 Å². The van der Waals surface area contributed by atoms with Gasteiger partial charge in [0.05, 0.1) is 27.4 Å². The molecule has 0 saturated heterocycles. The van der Waals surface area contributed by atoms with Crippen LogP contribution in [0.15, 0.2) is 41.5 Å². The summed E-state index contributed by atoms with van der Waals surface area (Å²) in [6, 6.07) is 8.62. The third kappa shape index (κ3) is 6.89. The highest BCUT2D eigenvalue weighted by atomic mass is 127. The van der Waals surface area contributed by atoms with Crippen LogP contribution >= 0.6 is 24.0 Å². The van der Waals surface area contributed by atoms with E-state index in [-0.39, 0.29) is 29.8 Å². The fourth-order valence-corrected chi connectivity index (χ4v) is 3.51. The highest BCUT2D eigenvalue weighted by molar-refractivity contribution is 14.0. The lowest BCUT2D eigenvalue weighted by Crippen LogP contribution is -2.38. The summed E-state index contributed by atoms with van der Waals surface area (Å²) in [4.78, 5) is 7.81. The van der Waals surface area contributed by atoms with Crippen LogP contribution in [0.3, 0.4) is 0 Å². The molecular formula is C24H32FIN4O3. The number of aliphatic imine (C=N–C) groups is 1. The number of aromatic nitrogens is 1. The minimum absolute atomic E-state index is 0. The Kier molecular flexibility index (Phi) is 10.6. The van der Waals surface area contributed by atoms with E-state index < -0.39 is 0 Å². The van der Waals surface area contributed by atoms with E-state index in [1.807, 2.05) is 38.2 Å². The number of nitrogens with one attached hydrogen (secondary N) is 3. The van der Waals surface area contributed by atoms with E-state index in [1.165, 1.54) is 12.1 Å². The molecule has 3 N–H and O–H groups in total. The fraction of sp³-hybridized carbons (Fsp3) is 0.375. The molecule has 9 heteroatoms. The molecule has 0 atom stereocenters. The van der Waals surface area contributed by atoms with Crippen LogP contribution in [0.25, 0.3) is 10.9 Å². The topological polar surface area (TPSA) is 79.9 Å². The Bertz CT molecular complexity index is 1050. The molecule has 0 saturated carbocycles. The van der Waals surface area contributed by atoms with Gasteiger partial charge in [-0.1, -0.05) is 0 Å². The number of rotatable bonds is 10. The van der Waals surface area contributed by atoms with Crippen LogP contribution in [-0.4, -0.2) is 44.9 Å². The van der Waals surface area contributed by atoms with Crippen molar-refractivity contribution < 1.29 is 18.6 Å². The molecule has 0 aliphatic rings. The van der Waals surface area contributed by atoms with Gasteiger partial charge < -0.3 is 29.8 Å². The number of hydrogen-bond donors (Lipinski definition) is 3. The predicted molar refractivity (Wildman–Crippen MR) is 141 cm³/mol. The maximum Gasteiger partial charge on any atom is 0.203 e. The number of halogens is 2. The summed E-state index contributed by atoms with van der Waals surface area (Å²) >= 11 is 0. The van der Waals surface area contributed by atoms with Crippen LogP contribution in [0.5, 0.6) is 17.2 Å². The zero-order valence-corrected chi connectivity index (χ0v) is 21.8. The van der Waals surface area contributed by atoms with E-state index in [4.69, 9.17) is 14.2 Å². The van der Waals surface area contributed by atoms with E-state index in [1.54, 1.807) is 14.2 Å². The molecule has 2 aromatic carbocycles. The number of H-pyrrole nitrogens is 1. The summed E-state index contributed by atoms with van der Waals surface area (Å²) in [5.74, 6) is 2.29. The van der Waals surface area contributed by atoms with E-state index in [0.717, 1.165) is 35.0 Å². The van der Waals surface area contributed by atoms with Crippen molar-refractivity contribution in [2.24, 2.45) is 4.99 Å². The first-order valence-electron chi connectivity index (χ1n) is 10.7. The third-order valence-corrected chi connectivity index (χ3v) is 4.99. The van der Waals surface area contributed by atoms with Crippen molar-refractivity contribution in [2.45, 2.75) is 26.8 Å². The van der Waals surface area contributed by atoms with Gasteiger partial charge in [0.15, 0.2) is 17.5 Å². The molecule has 1 heterocycles. The van der Waals surface area contributed by atoms with Crippen LogP contribution in [0.1, 0.15) is 25.0 Å². The maximum atomic E-state index is 13.4. The molecule has 33 heavy (non-hydrogen) atoms. The molecule has 180 valence electrons. The van der Waals surface area contributed by atoms with Gasteiger partial charge in [-0.3, -0.25) is 0 Å². The standard InChI is InChI=1S/C24H31FN4O3.HI/c1-5-26-24(27-10-9-17-15-28-20-13-18(25)7-8-19(17)20)29-14-16-11-21(30-3)23(32-6-2)22(12-16)31-4;/h7-8,11-13,15,28H,5-6,9-10,14H2,1-4H3,(H2,26,27,29);1H. The first kappa shape index (κ1) is 26.6. The largest absolute Gasteiger partial charge is 0.493 e. The fourth-order valence-electron chi connectivity index (χ4n) is 3.51. The Balaban J connectivity index is 0.00000385. The molecule has 0 radical (unpaired) electrons. The molecule has 1 aromatic heterocycles. The van der Waals surface area contributed by atoms with Gasteiger partial charge in [0, 0.05) is 30.2 Å². The van der Waals surface area contributed by atoms with Crippen molar-refractivity contribution in [1.29, 1.82) is 0 Å². The summed E-state index contributed by atoms with van der Waals surface area (Å²) in [7, 11) is 3.21. The Morgan fingerprint density at radius 1 is 1.06 bits per heavy atom.